The van der Waals surface area contributed by atoms with Crippen LogP contribution >= 0.6 is 23.2 Å². The van der Waals surface area contributed by atoms with Crippen LogP contribution in [0.2, 0.25) is 10.0 Å². The molecule has 0 aliphatic carbocycles. The molecule has 0 spiro atoms. The largest absolute Gasteiger partial charge is 0.310 e. The van der Waals surface area contributed by atoms with Crippen molar-refractivity contribution in [2.24, 2.45) is 4.99 Å². The molecule has 0 unspecified atom stereocenters. The van der Waals surface area contributed by atoms with Crippen molar-refractivity contribution >= 4 is 40.5 Å². The fraction of sp³-hybridized carbons (Fsp3) is 0.188. The lowest BCUT2D eigenvalue weighted by atomic mass is 10.1. The highest BCUT2D eigenvalue weighted by Crippen LogP contribution is 2.42. The van der Waals surface area contributed by atoms with Gasteiger partial charge in [0.1, 0.15) is 17.3 Å². The summed E-state index contributed by atoms with van der Waals surface area (Å²) in [6, 6.07) is 5.49. The number of nitrogens with one attached hydrogen (secondary N) is 1. The molecule has 0 amide bonds. The molecule has 24 heavy (non-hydrogen) atoms. The van der Waals surface area contributed by atoms with Crippen molar-refractivity contribution in [1.82, 2.24) is 20.0 Å². The molecule has 1 N–H and O–H groups in total. The van der Waals surface area contributed by atoms with Gasteiger partial charge < -0.3 is 4.90 Å². The van der Waals surface area contributed by atoms with E-state index in [4.69, 9.17) is 28.2 Å². The number of aryl methyl sites for hydroxylation is 1. The maximum atomic E-state index is 6.46. The Morgan fingerprint density at radius 1 is 1.08 bits per heavy atom. The summed E-state index contributed by atoms with van der Waals surface area (Å²) in [4.78, 5) is 6.99. The standard InChI is InChI=1S/C16H12Cl2N6/c17-10-3-1-4-11(18)13(10)15-21-12-8-19-22-14(12)9-7-20-24-6-2-5-23(15)16(9)24/h1,3-4,7-8H,2,5-6H2,(H,19,22). The number of aliphatic imine (C=N–C) groups is 1. The molecule has 0 bridgehead atoms. The molecule has 2 aromatic heterocycles. The molecular weight excluding hydrogens is 347 g/mol. The van der Waals surface area contributed by atoms with E-state index in [0.29, 0.717) is 10.0 Å². The monoisotopic (exact) mass is 358 g/mol. The molecule has 8 heteroatoms. The maximum Gasteiger partial charge on any atom is 0.145 e. The van der Waals surface area contributed by atoms with E-state index in [1.807, 2.05) is 29.1 Å². The number of amidine groups is 1. The minimum atomic E-state index is 0.575. The van der Waals surface area contributed by atoms with E-state index in [1.54, 1.807) is 6.20 Å². The Labute approximate surface area is 147 Å². The van der Waals surface area contributed by atoms with E-state index in [9.17, 15) is 0 Å². The number of benzene rings is 1. The highest BCUT2D eigenvalue weighted by molar-refractivity contribution is 6.41. The number of aromatic amines is 1. The molecule has 6 nitrogen and oxygen atoms in total. The minimum Gasteiger partial charge on any atom is -0.310 e. The first-order valence-corrected chi connectivity index (χ1v) is 8.40. The lowest BCUT2D eigenvalue weighted by Gasteiger charge is -2.31. The van der Waals surface area contributed by atoms with Gasteiger partial charge in [-0.1, -0.05) is 29.3 Å². The Bertz CT molecular complexity index is 966. The number of H-pyrrole nitrogens is 1. The Hall–Kier alpha value is -2.31. The van der Waals surface area contributed by atoms with E-state index in [-0.39, 0.29) is 0 Å². The molecule has 2 aliphatic heterocycles. The van der Waals surface area contributed by atoms with Crippen LogP contribution in [0.4, 0.5) is 11.5 Å². The average molecular weight is 359 g/mol. The van der Waals surface area contributed by atoms with E-state index < -0.39 is 0 Å². The third-order valence-electron chi connectivity index (χ3n) is 4.38. The highest BCUT2D eigenvalue weighted by atomic mass is 35.5. The number of rotatable bonds is 1. The van der Waals surface area contributed by atoms with Gasteiger partial charge in [-0.3, -0.25) is 5.10 Å². The zero-order valence-corrected chi connectivity index (χ0v) is 14.0. The Balaban J connectivity index is 1.84. The fourth-order valence-electron chi connectivity index (χ4n) is 3.33. The number of fused-ring (bicyclic) bond motifs is 2. The first-order chi connectivity index (χ1) is 11.7. The van der Waals surface area contributed by atoms with Crippen molar-refractivity contribution in [3.05, 3.63) is 46.2 Å². The molecule has 3 aromatic rings. The van der Waals surface area contributed by atoms with Crippen molar-refractivity contribution in [2.45, 2.75) is 13.0 Å². The maximum absolute atomic E-state index is 6.46. The van der Waals surface area contributed by atoms with Crippen LogP contribution in [-0.4, -0.2) is 32.4 Å². The summed E-state index contributed by atoms with van der Waals surface area (Å²) in [7, 11) is 0. The molecule has 4 heterocycles. The second-order valence-electron chi connectivity index (χ2n) is 5.77. The molecular formula is C16H12Cl2N6. The lowest BCUT2D eigenvalue weighted by Crippen LogP contribution is -2.38. The van der Waals surface area contributed by atoms with Crippen molar-refractivity contribution in [3.63, 3.8) is 0 Å². The van der Waals surface area contributed by atoms with Crippen molar-refractivity contribution < 1.29 is 0 Å². The zero-order chi connectivity index (χ0) is 16.3. The summed E-state index contributed by atoms with van der Waals surface area (Å²) in [5.74, 6) is 1.73. The topological polar surface area (TPSA) is 62.1 Å². The first-order valence-electron chi connectivity index (χ1n) is 7.64. The van der Waals surface area contributed by atoms with E-state index in [2.05, 4.69) is 20.2 Å². The molecule has 2 aliphatic rings. The molecule has 0 radical (unpaired) electrons. The molecule has 1 aromatic carbocycles. The lowest BCUT2D eigenvalue weighted by molar-refractivity contribution is 0.546. The quantitative estimate of drug-likeness (QED) is 0.717. The van der Waals surface area contributed by atoms with Crippen LogP contribution < -0.4 is 4.90 Å². The summed E-state index contributed by atoms with van der Waals surface area (Å²) in [6.07, 6.45) is 4.54. The van der Waals surface area contributed by atoms with Crippen LogP contribution in [0.3, 0.4) is 0 Å². The van der Waals surface area contributed by atoms with Crippen LogP contribution in [-0.2, 0) is 6.54 Å². The average Bonchev–Trinajstić information content (AvgIpc) is 3.17. The van der Waals surface area contributed by atoms with Crippen LogP contribution in [0.1, 0.15) is 12.0 Å². The van der Waals surface area contributed by atoms with E-state index in [0.717, 1.165) is 53.7 Å². The molecule has 0 saturated heterocycles. The normalized spacial score (nSPS) is 15.6. The molecule has 5 rings (SSSR count). The SMILES string of the molecule is Clc1cccc(Cl)c1C1=Nc2cn[nH]c2-c2cnn3c2N1CCC3. The second-order valence-corrected chi connectivity index (χ2v) is 6.59. The summed E-state index contributed by atoms with van der Waals surface area (Å²) in [5, 5.41) is 12.8. The Morgan fingerprint density at radius 3 is 2.75 bits per heavy atom. The van der Waals surface area contributed by atoms with Gasteiger partial charge in [0.2, 0.25) is 0 Å². The van der Waals surface area contributed by atoms with Gasteiger partial charge in [-0.05, 0) is 18.6 Å². The number of hydrogen-bond acceptors (Lipinski definition) is 4. The summed E-state index contributed by atoms with van der Waals surface area (Å²) >= 11 is 12.9. The van der Waals surface area contributed by atoms with Crippen LogP contribution in [0, 0.1) is 0 Å². The molecule has 0 atom stereocenters. The number of aromatic nitrogens is 4. The fourth-order valence-corrected chi connectivity index (χ4v) is 3.90. The van der Waals surface area contributed by atoms with Crippen LogP contribution in [0.25, 0.3) is 11.3 Å². The number of hydrogen-bond donors (Lipinski definition) is 1. The third-order valence-corrected chi connectivity index (χ3v) is 5.01. The third kappa shape index (κ3) is 1.87. The van der Waals surface area contributed by atoms with E-state index in [1.165, 1.54) is 0 Å². The van der Waals surface area contributed by atoms with Gasteiger partial charge in [0.05, 0.1) is 39.3 Å². The summed E-state index contributed by atoms with van der Waals surface area (Å²) < 4.78 is 2.00. The molecule has 0 fully saturated rings. The summed E-state index contributed by atoms with van der Waals surface area (Å²) in [5.41, 5.74) is 3.34. The van der Waals surface area contributed by atoms with Crippen molar-refractivity contribution in [1.29, 1.82) is 0 Å². The van der Waals surface area contributed by atoms with Crippen molar-refractivity contribution in [2.75, 3.05) is 11.4 Å². The molecule has 0 saturated carbocycles. The first kappa shape index (κ1) is 14.1. The van der Waals surface area contributed by atoms with Crippen LogP contribution in [0.5, 0.6) is 0 Å². The predicted octanol–water partition coefficient (Wildman–Crippen LogP) is 3.88. The van der Waals surface area contributed by atoms with Gasteiger partial charge in [-0.25, -0.2) is 9.67 Å². The highest BCUT2D eigenvalue weighted by Gasteiger charge is 2.32. The second kappa shape index (κ2) is 5.09. The van der Waals surface area contributed by atoms with Crippen molar-refractivity contribution in [3.8, 4) is 11.3 Å². The van der Waals surface area contributed by atoms with Gasteiger partial charge in [0.15, 0.2) is 0 Å². The van der Waals surface area contributed by atoms with Gasteiger partial charge in [0, 0.05) is 13.1 Å². The van der Waals surface area contributed by atoms with Gasteiger partial charge >= 0.3 is 0 Å². The number of nitrogens with zero attached hydrogens (tertiary/aromatic N) is 5. The smallest absolute Gasteiger partial charge is 0.145 e. The number of anilines is 1. The minimum absolute atomic E-state index is 0.575. The Morgan fingerprint density at radius 2 is 1.92 bits per heavy atom. The molecule has 120 valence electrons. The Kier molecular flexibility index (Phi) is 2.98. The van der Waals surface area contributed by atoms with Gasteiger partial charge in [-0.2, -0.15) is 10.2 Å². The predicted molar refractivity (Wildman–Crippen MR) is 94.4 cm³/mol. The van der Waals surface area contributed by atoms with Crippen LogP contribution in [0.15, 0.2) is 35.6 Å². The number of halogens is 2. The summed E-state index contributed by atoms with van der Waals surface area (Å²) in [6.45, 7) is 1.70. The van der Waals surface area contributed by atoms with Gasteiger partial charge in [0.25, 0.3) is 0 Å². The van der Waals surface area contributed by atoms with E-state index >= 15 is 0 Å². The zero-order valence-electron chi connectivity index (χ0n) is 12.5. The van der Waals surface area contributed by atoms with Gasteiger partial charge in [-0.15, -0.1) is 0 Å².